The third kappa shape index (κ3) is 3.87. The van der Waals surface area contributed by atoms with Crippen LogP contribution < -0.4 is 5.32 Å². The number of hydrogen-bond acceptors (Lipinski definition) is 5. The van der Waals surface area contributed by atoms with Crippen LogP contribution in [0.1, 0.15) is 0 Å². The van der Waals surface area contributed by atoms with Gasteiger partial charge < -0.3 is 15.2 Å². The van der Waals surface area contributed by atoms with Crippen molar-refractivity contribution in [3.63, 3.8) is 0 Å². The summed E-state index contributed by atoms with van der Waals surface area (Å²) in [5.74, 6) is -4.64. The van der Waals surface area contributed by atoms with Gasteiger partial charge in [-0.05, 0) is 24.3 Å². The maximum Gasteiger partial charge on any atom is 0.341 e. The second-order valence-electron chi connectivity index (χ2n) is 3.77. The van der Waals surface area contributed by atoms with E-state index in [0.29, 0.717) is 5.69 Å². The second-order valence-corrected chi connectivity index (χ2v) is 5.69. The van der Waals surface area contributed by atoms with Gasteiger partial charge in [-0.3, -0.25) is 0 Å². The first-order valence-electron chi connectivity index (χ1n) is 5.40. The van der Waals surface area contributed by atoms with E-state index in [-0.39, 0.29) is 6.54 Å². The van der Waals surface area contributed by atoms with E-state index in [1.165, 1.54) is 19.2 Å². The van der Waals surface area contributed by atoms with Crippen molar-refractivity contribution < 1.29 is 31.8 Å². The Kier molecular flexibility index (Phi) is 5.40. The zero-order chi connectivity index (χ0) is 15.3. The summed E-state index contributed by atoms with van der Waals surface area (Å²) in [5.41, 5.74) is 0.390. The number of carboxylic acids is 1. The van der Waals surface area contributed by atoms with Crippen LogP contribution >= 0.6 is 0 Å². The van der Waals surface area contributed by atoms with Gasteiger partial charge in [0.15, 0.2) is 6.10 Å². The average Bonchev–Trinajstić information content (AvgIpc) is 2.39. The molecule has 0 fully saturated rings. The molecule has 0 aliphatic rings. The van der Waals surface area contributed by atoms with Gasteiger partial charge in [0.1, 0.15) is 0 Å². The molecule has 112 valence electrons. The van der Waals surface area contributed by atoms with Crippen molar-refractivity contribution >= 4 is 21.5 Å². The quantitative estimate of drug-likeness (QED) is 0.786. The van der Waals surface area contributed by atoms with Crippen molar-refractivity contribution in [2.75, 3.05) is 19.0 Å². The van der Waals surface area contributed by atoms with Gasteiger partial charge in [0.25, 0.3) is 0 Å². The van der Waals surface area contributed by atoms with Gasteiger partial charge >= 0.3 is 11.7 Å². The van der Waals surface area contributed by atoms with Crippen LogP contribution in [-0.2, 0) is 19.4 Å². The summed E-state index contributed by atoms with van der Waals surface area (Å²) in [7, 11) is -3.39. The minimum absolute atomic E-state index is 0.0488. The molecule has 0 aromatic heterocycles. The van der Waals surface area contributed by atoms with Crippen molar-refractivity contribution in [1.82, 2.24) is 0 Å². The molecule has 0 bridgehead atoms. The van der Waals surface area contributed by atoms with E-state index in [0.717, 1.165) is 12.1 Å². The smallest absolute Gasteiger partial charge is 0.341 e. The Balaban J connectivity index is 2.76. The molecule has 2 N–H and O–H groups in total. The van der Waals surface area contributed by atoms with Gasteiger partial charge in [-0.25, -0.2) is 13.2 Å². The van der Waals surface area contributed by atoms with Crippen LogP contribution in [0.2, 0.25) is 0 Å². The number of ether oxygens (including phenoxy) is 1. The summed E-state index contributed by atoms with van der Waals surface area (Å²) >= 11 is 0. The molecule has 0 spiro atoms. The number of hydrogen-bond donors (Lipinski definition) is 2. The molecule has 9 heteroatoms. The first-order valence-corrected chi connectivity index (χ1v) is 6.95. The fourth-order valence-electron chi connectivity index (χ4n) is 1.35. The molecule has 0 saturated carbocycles. The number of carbonyl (C=O) groups is 1. The molecule has 0 saturated heterocycles. The van der Waals surface area contributed by atoms with E-state index >= 15 is 0 Å². The molecule has 1 aromatic carbocycles. The standard InChI is InChI=1S/C11H13F2NO5S/c1-19-9(10(15)16)6-14-7-2-4-8(5-3-7)20(17,18)11(12)13/h2-5,9,11,14H,6H2,1H3,(H,15,16). The predicted molar refractivity (Wildman–Crippen MR) is 66.6 cm³/mol. The second kappa shape index (κ2) is 6.62. The largest absolute Gasteiger partial charge is 0.479 e. The SMILES string of the molecule is COC(CNc1ccc(S(=O)(=O)C(F)F)cc1)C(=O)O. The third-order valence-electron chi connectivity index (χ3n) is 2.47. The third-order valence-corrected chi connectivity index (χ3v) is 3.87. The lowest BCUT2D eigenvalue weighted by Crippen LogP contribution is -2.30. The average molecular weight is 309 g/mol. The van der Waals surface area contributed by atoms with Gasteiger partial charge in [-0.2, -0.15) is 8.78 Å². The number of aliphatic carboxylic acids is 1. The summed E-state index contributed by atoms with van der Waals surface area (Å²) in [6.45, 7) is -0.0488. The summed E-state index contributed by atoms with van der Waals surface area (Å²) in [6, 6.07) is 4.58. The van der Waals surface area contributed by atoms with Crippen LogP contribution in [0.4, 0.5) is 14.5 Å². The molecule has 0 aliphatic carbocycles. The van der Waals surface area contributed by atoms with Gasteiger partial charge in [0.2, 0.25) is 9.84 Å². The fourth-order valence-corrected chi connectivity index (χ4v) is 2.07. The van der Waals surface area contributed by atoms with Crippen molar-refractivity contribution in [3.8, 4) is 0 Å². The number of halogens is 2. The Morgan fingerprint density at radius 1 is 1.35 bits per heavy atom. The van der Waals surface area contributed by atoms with E-state index in [4.69, 9.17) is 5.11 Å². The molecule has 20 heavy (non-hydrogen) atoms. The van der Waals surface area contributed by atoms with Crippen molar-refractivity contribution in [2.24, 2.45) is 0 Å². The first kappa shape index (κ1) is 16.3. The Morgan fingerprint density at radius 3 is 2.30 bits per heavy atom. The minimum atomic E-state index is -4.62. The van der Waals surface area contributed by atoms with Crippen molar-refractivity contribution in [3.05, 3.63) is 24.3 Å². The van der Waals surface area contributed by atoms with Gasteiger partial charge in [-0.15, -0.1) is 0 Å². The highest BCUT2D eigenvalue weighted by atomic mass is 32.2. The maximum atomic E-state index is 12.3. The number of carboxylic acid groups (broad SMARTS) is 1. The van der Waals surface area contributed by atoms with Crippen molar-refractivity contribution in [1.29, 1.82) is 0 Å². The predicted octanol–water partition coefficient (Wildman–Crippen LogP) is 1.19. The lowest BCUT2D eigenvalue weighted by molar-refractivity contribution is -0.147. The first-order chi connectivity index (χ1) is 9.28. The highest BCUT2D eigenvalue weighted by molar-refractivity contribution is 7.91. The summed E-state index contributed by atoms with van der Waals surface area (Å²) < 4.78 is 51.6. The van der Waals surface area contributed by atoms with E-state index < -0.39 is 32.6 Å². The zero-order valence-electron chi connectivity index (χ0n) is 10.4. The number of anilines is 1. The molecule has 1 rings (SSSR count). The van der Waals surface area contributed by atoms with Crippen LogP contribution in [0, 0.1) is 0 Å². The van der Waals surface area contributed by atoms with E-state index in [1.54, 1.807) is 0 Å². The Morgan fingerprint density at radius 2 is 1.90 bits per heavy atom. The summed E-state index contributed by atoms with van der Waals surface area (Å²) in [4.78, 5) is 10.2. The van der Waals surface area contributed by atoms with Gasteiger partial charge in [0, 0.05) is 12.8 Å². The number of methoxy groups -OCH3 is 1. The number of alkyl halides is 2. The Hall–Kier alpha value is -1.74. The number of rotatable bonds is 7. The topological polar surface area (TPSA) is 92.7 Å². The number of nitrogens with one attached hydrogen (secondary N) is 1. The highest BCUT2D eigenvalue weighted by Gasteiger charge is 2.26. The molecular weight excluding hydrogens is 296 g/mol. The van der Waals surface area contributed by atoms with Crippen LogP contribution in [-0.4, -0.2) is 45.0 Å². The Bertz CT molecular complexity index is 559. The molecule has 1 aromatic rings. The molecule has 0 amide bonds. The molecule has 6 nitrogen and oxygen atoms in total. The lowest BCUT2D eigenvalue weighted by atomic mass is 10.3. The highest BCUT2D eigenvalue weighted by Crippen LogP contribution is 2.20. The number of benzene rings is 1. The van der Waals surface area contributed by atoms with Crippen molar-refractivity contribution in [2.45, 2.75) is 16.8 Å². The molecule has 1 atom stereocenters. The summed E-state index contributed by atoms with van der Waals surface area (Å²) in [6.07, 6.45) is -1.07. The molecule has 0 radical (unpaired) electrons. The lowest BCUT2D eigenvalue weighted by Gasteiger charge is -2.12. The number of sulfone groups is 1. The van der Waals surface area contributed by atoms with Gasteiger partial charge in [0.05, 0.1) is 11.4 Å². The van der Waals surface area contributed by atoms with E-state index in [9.17, 15) is 22.0 Å². The zero-order valence-corrected chi connectivity index (χ0v) is 11.2. The molecule has 0 heterocycles. The summed E-state index contributed by atoms with van der Waals surface area (Å²) in [5, 5.41) is 11.4. The van der Waals surface area contributed by atoms with Crippen LogP contribution in [0.3, 0.4) is 0 Å². The van der Waals surface area contributed by atoms with Crippen LogP contribution in [0.5, 0.6) is 0 Å². The Labute approximate surface area is 114 Å². The maximum absolute atomic E-state index is 12.3. The van der Waals surface area contributed by atoms with E-state index in [2.05, 4.69) is 10.1 Å². The monoisotopic (exact) mass is 309 g/mol. The van der Waals surface area contributed by atoms with Crippen LogP contribution in [0.15, 0.2) is 29.2 Å². The molecule has 0 aliphatic heterocycles. The van der Waals surface area contributed by atoms with E-state index in [1.807, 2.05) is 0 Å². The van der Waals surface area contributed by atoms with Crippen LogP contribution in [0.25, 0.3) is 0 Å². The fraction of sp³-hybridized carbons (Fsp3) is 0.364. The normalized spacial score (nSPS) is 13.2. The van der Waals surface area contributed by atoms with Gasteiger partial charge in [-0.1, -0.05) is 0 Å². The molecule has 1 unspecified atom stereocenters. The minimum Gasteiger partial charge on any atom is -0.479 e. The molecular formula is C11H13F2NO5S.